The minimum atomic E-state index is -4.62. The van der Waals surface area contributed by atoms with Gasteiger partial charge in [0.25, 0.3) is 0 Å². The Labute approximate surface area is 102 Å². The SMILES string of the molecule is CCNc1c(C#N)c(C)cc(C(F)(F)F)c1C#N. The summed E-state index contributed by atoms with van der Waals surface area (Å²) in [5, 5.41) is 20.5. The highest BCUT2D eigenvalue weighted by Crippen LogP contribution is 2.37. The van der Waals surface area contributed by atoms with Gasteiger partial charge in [-0.15, -0.1) is 0 Å². The molecule has 0 bridgehead atoms. The molecule has 0 heterocycles. The topological polar surface area (TPSA) is 59.6 Å². The van der Waals surface area contributed by atoms with Crippen molar-refractivity contribution < 1.29 is 13.2 Å². The molecule has 94 valence electrons. The summed E-state index contributed by atoms with van der Waals surface area (Å²) in [5.74, 6) is 0. The van der Waals surface area contributed by atoms with E-state index in [4.69, 9.17) is 10.5 Å². The number of benzene rings is 1. The maximum atomic E-state index is 12.8. The van der Waals surface area contributed by atoms with Crippen LogP contribution in [0.4, 0.5) is 18.9 Å². The van der Waals surface area contributed by atoms with Gasteiger partial charge in [-0.2, -0.15) is 23.7 Å². The summed E-state index contributed by atoms with van der Waals surface area (Å²) in [7, 11) is 0. The molecule has 18 heavy (non-hydrogen) atoms. The molecule has 0 atom stereocenters. The molecule has 0 amide bonds. The largest absolute Gasteiger partial charge is 0.417 e. The predicted octanol–water partition coefficient (Wildman–Crippen LogP) is 3.19. The first-order valence-corrected chi connectivity index (χ1v) is 5.15. The summed E-state index contributed by atoms with van der Waals surface area (Å²) in [5.41, 5.74) is -1.33. The fraction of sp³-hybridized carbons (Fsp3) is 0.333. The van der Waals surface area contributed by atoms with Crippen molar-refractivity contribution in [1.82, 2.24) is 0 Å². The van der Waals surface area contributed by atoms with Gasteiger partial charge in [0.05, 0.1) is 22.4 Å². The fourth-order valence-corrected chi connectivity index (χ4v) is 1.66. The Hall–Kier alpha value is -2.21. The van der Waals surface area contributed by atoms with Gasteiger partial charge in [0.1, 0.15) is 12.1 Å². The second-order valence-corrected chi connectivity index (χ2v) is 3.62. The van der Waals surface area contributed by atoms with Crippen molar-refractivity contribution in [2.24, 2.45) is 0 Å². The second-order valence-electron chi connectivity index (χ2n) is 3.62. The highest BCUT2D eigenvalue weighted by molar-refractivity contribution is 5.71. The van der Waals surface area contributed by atoms with E-state index in [0.717, 1.165) is 6.07 Å². The van der Waals surface area contributed by atoms with Crippen molar-refractivity contribution in [3.8, 4) is 12.1 Å². The lowest BCUT2D eigenvalue weighted by molar-refractivity contribution is -0.137. The molecular weight excluding hydrogens is 243 g/mol. The summed E-state index contributed by atoms with van der Waals surface area (Å²) in [6, 6.07) is 4.18. The van der Waals surface area contributed by atoms with Gasteiger partial charge in [-0.25, -0.2) is 0 Å². The van der Waals surface area contributed by atoms with E-state index in [0.29, 0.717) is 6.54 Å². The van der Waals surface area contributed by atoms with Crippen LogP contribution in [0.15, 0.2) is 6.07 Å². The third-order valence-electron chi connectivity index (χ3n) is 2.41. The molecule has 6 heteroatoms. The Morgan fingerprint density at radius 1 is 1.22 bits per heavy atom. The maximum absolute atomic E-state index is 12.8. The molecular formula is C12H10F3N3. The van der Waals surface area contributed by atoms with Crippen molar-refractivity contribution in [2.45, 2.75) is 20.0 Å². The molecule has 1 rings (SSSR count). The number of nitrogens with zero attached hydrogens (tertiary/aromatic N) is 2. The van der Waals surface area contributed by atoms with Crippen molar-refractivity contribution in [3.05, 3.63) is 28.3 Å². The van der Waals surface area contributed by atoms with E-state index >= 15 is 0 Å². The summed E-state index contributed by atoms with van der Waals surface area (Å²) in [6.45, 7) is 3.41. The van der Waals surface area contributed by atoms with Gasteiger partial charge in [0, 0.05) is 6.54 Å². The van der Waals surface area contributed by atoms with E-state index in [1.807, 2.05) is 6.07 Å². The normalized spacial score (nSPS) is 10.6. The molecule has 0 radical (unpaired) electrons. The van der Waals surface area contributed by atoms with Crippen LogP contribution in [0.5, 0.6) is 0 Å². The zero-order valence-electron chi connectivity index (χ0n) is 9.81. The molecule has 0 spiro atoms. The van der Waals surface area contributed by atoms with Gasteiger partial charge < -0.3 is 5.32 Å². The zero-order chi connectivity index (χ0) is 13.9. The second kappa shape index (κ2) is 4.97. The van der Waals surface area contributed by atoms with Crippen LogP contribution in [0.3, 0.4) is 0 Å². The molecule has 0 aliphatic carbocycles. The van der Waals surface area contributed by atoms with Crippen molar-refractivity contribution in [2.75, 3.05) is 11.9 Å². The molecule has 0 saturated heterocycles. The average molecular weight is 253 g/mol. The molecule has 3 nitrogen and oxygen atoms in total. The smallest absolute Gasteiger partial charge is 0.383 e. The number of hydrogen-bond donors (Lipinski definition) is 1. The molecule has 0 aliphatic rings. The van der Waals surface area contributed by atoms with Crippen LogP contribution in [0.25, 0.3) is 0 Å². The Kier molecular flexibility index (Phi) is 3.82. The Morgan fingerprint density at radius 3 is 2.17 bits per heavy atom. The Morgan fingerprint density at radius 2 is 1.78 bits per heavy atom. The Balaban J connectivity index is 3.71. The molecule has 0 saturated carbocycles. The van der Waals surface area contributed by atoms with Crippen LogP contribution in [0.1, 0.15) is 29.2 Å². The molecule has 0 aliphatic heterocycles. The van der Waals surface area contributed by atoms with Crippen molar-refractivity contribution in [3.63, 3.8) is 0 Å². The van der Waals surface area contributed by atoms with Crippen LogP contribution >= 0.6 is 0 Å². The number of aryl methyl sites for hydroxylation is 1. The number of rotatable bonds is 2. The van der Waals surface area contributed by atoms with E-state index in [1.54, 1.807) is 6.92 Å². The Bertz CT molecular complexity index is 548. The number of nitriles is 2. The molecule has 0 unspecified atom stereocenters. The van der Waals surface area contributed by atoms with Crippen LogP contribution < -0.4 is 5.32 Å². The van der Waals surface area contributed by atoms with Gasteiger partial charge in [-0.3, -0.25) is 0 Å². The molecule has 0 fully saturated rings. The third-order valence-corrected chi connectivity index (χ3v) is 2.41. The van der Waals surface area contributed by atoms with Gasteiger partial charge >= 0.3 is 6.18 Å². The standard InChI is InChI=1S/C12H10F3N3/c1-3-18-11-8(5-16)7(2)4-10(9(11)6-17)12(13,14)15/h4,18H,3H2,1-2H3. The van der Waals surface area contributed by atoms with E-state index in [9.17, 15) is 13.2 Å². The molecule has 1 N–H and O–H groups in total. The number of alkyl halides is 3. The van der Waals surface area contributed by atoms with E-state index < -0.39 is 17.3 Å². The average Bonchev–Trinajstić information content (AvgIpc) is 2.28. The first-order chi connectivity index (χ1) is 8.36. The van der Waals surface area contributed by atoms with Crippen molar-refractivity contribution in [1.29, 1.82) is 10.5 Å². The molecule has 1 aromatic rings. The van der Waals surface area contributed by atoms with Crippen LogP contribution in [-0.2, 0) is 6.18 Å². The summed E-state index contributed by atoms with van der Waals surface area (Å²) in [4.78, 5) is 0. The fourth-order valence-electron chi connectivity index (χ4n) is 1.66. The van der Waals surface area contributed by atoms with Crippen LogP contribution in [0.2, 0.25) is 0 Å². The third kappa shape index (κ3) is 2.38. The van der Waals surface area contributed by atoms with Gasteiger partial charge in [-0.05, 0) is 25.5 Å². The lowest BCUT2D eigenvalue weighted by atomic mass is 9.97. The number of anilines is 1. The monoisotopic (exact) mass is 253 g/mol. The van der Waals surface area contributed by atoms with Crippen molar-refractivity contribution >= 4 is 5.69 Å². The first kappa shape index (κ1) is 13.9. The van der Waals surface area contributed by atoms with E-state index in [1.165, 1.54) is 13.0 Å². The first-order valence-electron chi connectivity index (χ1n) is 5.15. The summed E-state index contributed by atoms with van der Waals surface area (Å²) >= 11 is 0. The van der Waals surface area contributed by atoms with Crippen LogP contribution in [-0.4, -0.2) is 6.54 Å². The van der Waals surface area contributed by atoms with Gasteiger partial charge in [0.15, 0.2) is 0 Å². The van der Waals surface area contributed by atoms with Crippen LogP contribution in [0, 0.1) is 29.6 Å². The highest BCUT2D eigenvalue weighted by atomic mass is 19.4. The number of halogens is 3. The quantitative estimate of drug-likeness (QED) is 0.880. The van der Waals surface area contributed by atoms with Gasteiger partial charge in [-0.1, -0.05) is 0 Å². The lowest BCUT2D eigenvalue weighted by Crippen LogP contribution is -2.13. The minimum absolute atomic E-state index is 0.0465. The number of hydrogen-bond acceptors (Lipinski definition) is 3. The molecule has 1 aromatic carbocycles. The maximum Gasteiger partial charge on any atom is 0.417 e. The predicted molar refractivity (Wildman–Crippen MR) is 59.8 cm³/mol. The molecule has 0 aromatic heterocycles. The van der Waals surface area contributed by atoms with E-state index in [2.05, 4.69) is 5.32 Å². The number of nitrogens with one attached hydrogen (secondary N) is 1. The lowest BCUT2D eigenvalue weighted by Gasteiger charge is -2.16. The van der Waals surface area contributed by atoms with Gasteiger partial charge in [0.2, 0.25) is 0 Å². The summed E-state index contributed by atoms with van der Waals surface area (Å²) < 4.78 is 38.4. The minimum Gasteiger partial charge on any atom is -0.383 e. The zero-order valence-corrected chi connectivity index (χ0v) is 9.81. The van der Waals surface area contributed by atoms with E-state index in [-0.39, 0.29) is 16.8 Å². The summed E-state index contributed by atoms with van der Waals surface area (Å²) in [6.07, 6.45) is -4.62. The highest BCUT2D eigenvalue weighted by Gasteiger charge is 2.36.